The number of carbonyl (C=O) groups is 1. The van der Waals surface area contributed by atoms with Crippen molar-refractivity contribution in [3.8, 4) is 0 Å². The number of rotatable bonds is 3. The molecule has 5 heteroatoms. The predicted octanol–water partition coefficient (Wildman–Crippen LogP) is 2.15. The molecule has 1 amide bonds. The highest BCUT2D eigenvalue weighted by molar-refractivity contribution is 5.96. The molecule has 1 unspecified atom stereocenters. The Morgan fingerprint density at radius 1 is 1.47 bits per heavy atom. The molecule has 1 aliphatic rings. The molecule has 0 saturated carbocycles. The third kappa shape index (κ3) is 2.23. The highest BCUT2D eigenvalue weighted by atomic mass is 16.5. The maximum atomic E-state index is 12.1. The van der Waals surface area contributed by atoms with Gasteiger partial charge in [0, 0.05) is 24.6 Å². The zero-order chi connectivity index (χ0) is 13.2. The molecule has 2 aromatic rings. The minimum absolute atomic E-state index is 0.0246. The van der Waals surface area contributed by atoms with E-state index in [9.17, 15) is 4.79 Å². The van der Waals surface area contributed by atoms with E-state index < -0.39 is 0 Å². The third-order valence-electron chi connectivity index (χ3n) is 3.50. The first-order chi connectivity index (χ1) is 9.28. The van der Waals surface area contributed by atoms with Crippen LogP contribution in [0.1, 0.15) is 30.7 Å². The summed E-state index contributed by atoms with van der Waals surface area (Å²) in [5.41, 5.74) is 2.18. The molecule has 1 aliphatic heterocycles. The molecule has 1 fully saturated rings. The van der Waals surface area contributed by atoms with Crippen molar-refractivity contribution in [3.63, 3.8) is 0 Å². The third-order valence-corrected chi connectivity index (χ3v) is 3.50. The van der Waals surface area contributed by atoms with Crippen molar-refractivity contribution in [3.05, 3.63) is 42.0 Å². The van der Waals surface area contributed by atoms with Gasteiger partial charge in [0.25, 0.3) is 0 Å². The lowest BCUT2D eigenvalue weighted by molar-refractivity contribution is -0.117. The van der Waals surface area contributed by atoms with Crippen molar-refractivity contribution in [2.45, 2.75) is 25.7 Å². The van der Waals surface area contributed by atoms with Crippen LogP contribution in [0.2, 0.25) is 0 Å². The van der Waals surface area contributed by atoms with Crippen LogP contribution in [0.4, 0.5) is 5.69 Å². The minimum Gasteiger partial charge on any atom is -0.343 e. The van der Waals surface area contributed by atoms with Gasteiger partial charge in [0.1, 0.15) is 0 Å². The highest BCUT2D eigenvalue weighted by Crippen LogP contribution is 2.30. The van der Waals surface area contributed by atoms with Crippen LogP contribution in [0.15, 0.2) is 35.2 Å². The first kappa shape index (κ1) is 11.9. The lowest BCUT2D eigenvalue weighted by Gasteiger charge is -2.17. The van der Waals surface area contributed by atoms with Crippen molar-refractivity contribution < 1.29 is 9.32 Å². The maximum absolute atomic E-state index is 12.1. The molecular formula is C14H15N3O2. The lowest BCUT2D eigenvalue weighted by Crippen LogP contribution is -2.24. The van der Waals surface area contributed by atoms with Gasteiger partial charge in [0.2, 0.25) is 12.3 Å². The van der Waals surface area contributed by atoms with Gasteiger partial charge in [-0.25, -0.2) is 0 Å². The molecule has 19 heavy (non-hydrogen) atoms. The zero-order valence-electron chi connectivity index (χ0n) is 10.7. The zero-order valence-corrected chi connectivity index (χ0v) is 10.7. The molecule has 1 atom stereocenters. The molecule has 1 aromatic heterocycles. The standard InChI is InChI=1S/C14H15N3O2/c1-2-10-4-3-5-12(6-10)17-8-11(7-13(17)18)14-15-9-19-16-14/h3-6,9,11H,2,7-8H2,1H3. The Bertz CT molecular complexity index is 580. The highest BCUT2D eigenvalue weighted by Gasteiger charge is 2.33. The van der Waals surface area contributed by atoms with Crippen LogP contribution < -0.4 is 4.90 Å². The fourth-order valence-corrected chi connectivity index (χ4v) is 2.43. The molecule has 0 N–H and O–H groups in total. The molecule has 2 heterocycles. The average Bonchev–Trinajstić information content (AvgIpc) is 3.07. The van der Waals surface area contributed by atoms with Gasteiger partial charge in [-0.1, -0.05) is 24.2 Å². The van der Waals surface area contributed by atoms with E-state index in [0.717, 1.165) is 12.1 Å². The quantitative estimate of drug-likeness (QED) is 0.845. The Kier molecular flexibility index (Phi) is 3.03. The van der Waals surface area contributed by atoms with Gasteiger partial charge in [0.05, 0.1) is 0 Å². The Morgan fingerprint density at radius 3 is 3.11 bits per heavy atom. The van der Waals surface area contributed by atoms with Gasteiger partial charge in [-0.2, -0.15) is 4.98 Å². The second-order valence-electron chi connectivity index (χ2n) is 4.72. The second-order valence-corrected chi connectivity index (χ2v) is 4.72. The van der Waals surface area contributed by atoms with E-state index in [-0.39, 0.29) is 11.8 Å². The first-order valence-corrected chi connectivity index (χ1v) is 6.43. The minimum atomic E-state index is 0.0246. The number of hydrogen-bond acceptors (Lipinski definition) is 4. The van der Waals surface area contributed by atoms with Gasteiger partial charge in [-0.3, -0.25) is 4.79 Å². The summed E-state index contributed by atoms with van der Waals surface area (Å²) in [6, 6.07) is 8.09. The molecule has 1 aromatic carbocycles. The molecule has 0 bridgehead atoms. The topological polar surface area (TPSA) is 59.2 Å². The summed E-state index contributed by atoms with van der Waals surface area (Å²) in [7, 11) is 0. The molecule has 0 radical (unpaired) electrons. The monoisotopic (exact) mass is 257 g/mol. The van der Waals surface area contributed by atoms with Gasteiger partial charge in [0.15, 0.2) is 5.82 Å². The van der Waals surface area contributed by atoms with E-state index in [4.69, 9.17) is 4.52 Å². The number of nitrogens with zero attached hydrogens (tertiary/aromatic N) is 3. The summed E-state index contributed by atoms with van der Waals surface area (Å²) >= 11 is 0. The smallest absolute Gasteiger partial charge is 0.227 e. The number of aromatic nitrogens is 2. The number of anilines is 1. The van der Waals surface area contributed by atoms with Crippen molar-refractivity contribution in [2.24, 2.45) is 0 Å². The summed E-state index contributed by atoms with van der Waals surface area (Å²) in [6.45, 7) is 2.72. The van der Waals surface area contributed by atoms with Crippen molar-refractivity contribution >= 4 is 11.6 Å². The van der Waals surface area contributed by atoms with Crippen LogP contribution in [-0.4, -0.2) is 22.6 Å². The Hall–Kier alpha value is -2.17. The van der Waals surface area contributed by atoms with Crippen LogP contribution in [0.25, 0.3) is 0 Å². The Morgan fingerprint density at radius 2 is 2.37 bits per heavy atom. The maximum Gasteiger partial charge on any atom is 0.227 e. The number of amides is 1. The number of benzene rings is 1. The summed E-state index contributed by atoms with van der Waals surface area (Å²) in [4.78, 5) is 18.0. The fourth-order valence-electron chi connectivity index (χ4n) is 2.43. The van der Waals surface area contributed by atoms with Gasteiger partial charge < -0.3 is 9.42 Å². The fraction of sp³-hybridized carbons (Fsp3) is 0.357. The van der Waals surface area contributed by atoms with E-state index >= 15 is 0 Å². The number of carbonyl (C=O) groups excluding carboxylic acids is 1. The van der Waals surface area contributed by atoms with E-state index in [1.54, 1.807) is 4.90 Å². The molecule has 0 spiro atoms. The predicted molar refractivity (Wildman–Crippen MR) is 69.8 cm³/mol. The van der Waals surface area contributed by atoms with Crippen LogP contribution in [0.3, 0.4) is 0 Å². The normalized spacial score (nSPS) is 19.1. The first-order valence-electron chi connectivity index (χ1n) is 6.43. The van der Waals surface area contributed by atoms with E-state index in [1.165, 1.54) is 12.0 Å². The van der Waals surface area contributed by atoms with Gasteiger partial charge in [-0.15, -0.1) is 0 Å². The van der Waals surface area contributed by atoms with Crippen LogP contribution >= 0.6 is 0 Å². The second kappa shape index (κ2) is 4.84. The van der Waals surface area contributed by atoms with E-state index in [1.807, 2.05) is 12.1 Å². The van der Waals surface area contributed by atoms with Crippen LogP contribution in [0, 0.1) is 0 Å². The van der Waals surface area contributed by atoms with Crippen LogP contribution in [-0.2, 0) is 11.2 Å². The molecule has 5 nitrogen and oxygen atoms in total. The van der Waals surface area contributed by atoms with Crippen molar-refractivity contribution in [1.29, 1.82) is 0 Å². The molecular weight excluding hydrogens is 242 g/mol. The van der Waals surface area contributed by atoms with Crippen LogP contribution in [0.5, 0.6) is 0 Å². The Labute approximate surface area is 111 Å². The SMILES string of the molecule is CCc1cccc(N2CC(c3ncon3)CC2=O)c1. The molecule has 0 aliphatic carbocycles. The average molecular weight is 257 g/mol. The number of aryl methyl sites for hydroxylation is 1. The summed E-state index contributed by atoms with van der Waals surface area (Å²) in [5.74, 6) is 0.752. The summed E-state index contributed by atoms with van der Waals surface area (Å²) in [6.07, 6.45) is 2.71. The molecule has 3 rings (SSSR count). The van der Waals surface area contributed by atoms with Crippen molar-refractivity contribution in [1.82, 2.24) is 10.1 Å². The largest absolute Gasteiger partial charge is 0.343 e. The molecule has 1 saturated heterocycles. The van der Waals surface area contributed by atoms with E-state index in [2.05, 4.69) is 29.2 Å². The van der Waals surface area contributed by atoms with Gasteiger partial charge >= 0.3 is 0 Å². The summed E-state index contributed by atoms with van der Waals surface area (Å²) < 4.78 is 4.75. The summed E-state index contributed by atoms with van der Waals surface area (Å²) in [5, 5.41) is 3.83. The van der Waals surface area contributed by atoms with Crippen molar-refractivity contribution in [2.75, 3.05) is 11.4 Å². The number of hydrogen-bond donors (Lipinski definition) is 0. The molecule has 98 valence electrons. The Balaban J connectivity index is 1.84. The lowest BCUT2D eigenvalue weighted by atomic mass is 10.1. The van der Waals surface area contributed by atoms with Gasteiger partial charge in [-0.05, 0) is 24.1 Å². The van der Waals surface area contributed by atoms with E-state index in [0.29, 0.717) is 18.8 Å².